The standard InChI is InChI=1S/C15H11FN4O2S/c16-10-2-4-11(5-3-10)22-8-13-19-12(9-23-13)14(21)20-15-17-6-1-7-18-15/h1-7,9H,8H2,(H,17,18,20,21). The third kappa shape index (κ3) is 4.07. The third-order valence-corrected chi connectivity index (χ3v) is 3.57. The number of nitrogens with zero attached hydrogens (tertiary/aromatic N) is 3. The number of carbonyl (C=O) groups is 1. The number of benzene rings is 1. The van der Waals surface area contributed by atoms with Gasteiger partial charge in [-0.15, -0.1) is 11.3 Å². The lowest BCUT2D eigenvalue weighted by Gasteiger charge is -2.03. The van der Waals surface area contributed by atoms with E-state index in [1.807, 2.05) is 0 Å². The van der Waals surface area contributed by atoms with Gasteiger partial charge < -0.3 is 4.74 Å². The van der Waals surface area contributed by atoms with Crippen LogP contribution >= 0.6 is 11.3 Å². The molecule has 0 fully saturated rings. The molecule has 8 heteroatoms. The average molecular weight is 330 g/mol. The summed E-state index contributed by atoms with van der Waals surface area (Å²) >= 11 is 1.30. The van der Waals surface area contributed by atoms with Gasteiger partial charge in [0.05, 0.1) is 0 Å². The zero-order valence-corrected chi connectivity index (χ0v) is 12.6. The number of aromatic nitrogens is 3. The fourth-order valence-electron chi connectivity index (χ4n) is 1.69. The second kappa shape index (κ2) is 6.93. The Morgan fingerprint density at radius 1 is 1.22 bits per heavy atom. The quantitative estimate of drug-likeness (QED) is 0.778. The van der Waals surface area contributed by atoms with E-state index in [1.54, 1.807) is 11.4 Å². The van der Waals surface area contributed by atoms with E-state index in [2.05, 4.69) is 20.3 Å². The summed E-state index contributed by atoms with van der Waals surface area (Å²) in [6, 6.07) is 7.35. The Kier molecular flexibility index (Phi) is 4.53. The first-order valence-electron chi connectivity index (χ1n) is 6.62. The minimum atomic E-state index is -0.388. The second-order valence-corrected chi connectivity index (χ2v) is 5.34. The number of carbonyl (C=O) groups excluding carboxylic acids is 1. The molecule has 0 atom stereocenters. The molecule has 1 amide bonds. The number of hydrogen-bond acceptors (Lipinski definition) is 6. The predicted octanol–water partition coefficient (Wildman–Crippen LogP) is 2.90. The molecule has 3 rings (SSSR count). The van der Waals surface area contributed by atoms with Crippen LogP contribution < -0.4 is 10.1 Å². The van der Waals surface area contributed by atoms with Crippen LogP contribution in [0, 0.1) is 5.82 Å². The van der Waals surface area contributed by atoms with Crippen molar-refractivity contribution in [2.24, 2.45) is 0 Å². The van der Waals surface area contributed by atoms with E-state index in [-0.39, 0.29) is 30.0 Å². The normalized spacial score (nSPS) is 10.3. The van der Waals surface area contributed by atoms with Crippen LogP contribution in [0.3, 0.4) is 0 Å². The van der Waals surface area contributed by atoms with Crippen molar-refractivity contribution in [3.05, 3.63) is 64.6 Å². The fourth-order valence-corrected chi connectivity index (χ4v) is 2.37. The Morgan fingerprint density at radius 2 is 1.96 bits per heavy atom. The van der Waals surface area contributed by atoms with Crippen molar-refractivity contribution in [3.63, 3.8) is 0 Å². The summed E-state index contributed by atoms with van der Waals surface area (Å²) < 4.78 is 18.3. The summed E-state index contributed by atoms with van der Waals surface area (Å²) in [5.74, 6) is 0.0362. The minimum absolute atomic E-state index is 0.200. The van der Waals surface area contributed by atoms with Crippen molar-refractivity contribution in [2.75, 3.05) is 5.32 Å². The van der Waals surface area contributed by atoms with Gasteiger partial charge in [-0.2, -0.15) is 0 Å². The number of thiazole rings is 1. The lowest BCUT2D eigenvalue weighted by atomic mass is 10.3. The van der Waals surface area contributed by atoms with Crippen LogP contribution in [0.2, 0.25) is 0 Å². The third-order valence-electron chi connectivity index (χ3n) is 2.75. The van der Waals surface area contributed by atoms with Gasteiger partial charge in [0.1, 0.15) is 28.9 Å². The number of hydrogen-bond donors (Lipinski definition) is 1. The Labute approximate surface area is 135 Å². The van der Waals surface area contributed by atoms with Gasteiger partial charge in [0, 0.05) is 17.8 Å². The van der Waals surface area contributed by atoms with E-state index in [0.717, 1.165) is 0 Å². The van der Waals surface area contributed by atoms with Gasteiger partial charge in [-0.05, 0) is 30.3 Å². The number of halogens is 1. The fraction of sp³-hybridized carbons (Fsp3) is 0.0667. The molecule has 3 aromatic rings. The molecule has 0 spiro atoms. The summed E-state index contributed by atoms with van der Waals surface area (Å²) in [7, 11) is 0. The van der Waals surface area contributed by atoms with Crippen LogP contribution in [0.5, 0.6) is 5.75 Å². The topological polar surface area (TPSA) is 77.0 Å². The van der Waals surface area contributed by atoms with E-state index < -0.39 is 0 Å². The lowest BCUT2D eigenvalue weighted by molar-refractivity contribution is 0.102. The van der Waals surface area contributed by atoms with Crippen molar-refractivity contribution in [3.8, 4) is 5.75 Å². The summed E-state index contributed by atoms with van der Waals surface area (Å²) in [4.78, 5) is 24.0. The molecule has 0 unspecified atom stereocenters. The molecule has 1 N–H and O–H groups in total. The molecule has 0 aliphatic rings. The molecular formula is C15H11FN4O2S. The zero-order chi connectivity index (χ0) is 16.1. The summed E-state index contributed by atoms with van der Waals surface area (Å²) in [6.07, 6.45) is 3.07. The van der Waals surface area contributed by atoms with Gasteiger partial charge in [-0.1, -0.05) is 0 Å². The van der Waals surface area contributed by atoms with Crippen LogP contribution in [-0.4, -0.2) is 20.9 Å². The molecule has 2 heterocycles. The van der Waals surface area contributed by atoms with Crippen LogP contribution in [0.25, 0.3) is 0 Å². The van der Waals surface area contributed by atoms with E-state index in [0.29, 0.717) is 10.8 Å². The molecular weight excluding hydrogens is 319 g/mol. The monoisotopic (exact) mass is 330 g/mol. The molecule has 116 valence electrons. The Bertz CT molecular complexity index is 793. The zero-order valence-electron chi connectivity index (χ0n) is 11.8. The highest BCUT2D eigenvalue weighted by atomic mass is 32.1. The second-order valence-electron chi connectivity index (χ2n) is 4.40. The summed E-state index contributed by atoms with van der Waals surface area (Å²) in [5.41, 5.74) is 0.264. The molecule has 0 radical (unpaired) electrons. The number of ether oxygens (including phenoxy) is 1. The van der Waals surface area contributed by atoms with Gasteiger partial charge in [0.2, 0.25) is 5.95 Å². The molecule has 0 aliphatic heterocycles. The van der Waals surface area contributed by atoms with Crippen molar-refractivity contribution in [2.45, 2.75) is 6.61 Å². The molecule has 0 aliphatic carbocycles. The van der Waals surface area contributed by atoms with E-state index in [1.165, 1.54) is 48.0 Å². The van der Waals surface area contributed by atoms with Gasteiger partial charge in [0.25, 0.3) is 5.91 Å². The number of nitrogens with one attached hydrogen (secondary N) is 1. The van der Waals surface area contributed by atoms with Gasteiger partial charge in [-0.25, -0.2) is 19.3 Å². The van der Waals surface area contributed by atoms with E-state index >= 15 is 0 Å². The van der Waals surface area contributed by atoms with Gasteiger partial charge in [0.15, 0.2) is 0 Å². The van der Waals surface area contributed by atoms with Crippen molar-refractivity contribution in [1.29, 1.82) is 0 Å². The maximum absolute atomic E-state index is 12.8. The molecule has 0 saturated carbocycles. The largest absolute Gasteiger partial charge is 0.486 e. The molecule has 0 bridgehead atoms. The Hall–Kier alpha value is -2.87. The molecule has 2 aromatic heterocycles. The van der Waals surface area contributed by atoms with Crippen LogP contribution in [0.4, 0.5) is 10.3 Å². The maximum Gasteiger partial charge on any atom is 0.277 e. The Balaban J connectivity index is 1.59. The predicted molar refractivity (Wildman–Crippen MR) is 82.8 cm³/mol. The first kappa shape index (κ1) is 15.0. The number of rotatable bonds is 5. The highest BCUT2D eigenvalue weighted by Gasteiger charge is 2.12. The first-order chi connectivity index (χ1) is 11.2. The van der Waals surface area contributed by atoms with Gasteiger partial charge >= 0.3 is 0 Å². The average Bonchev–Trinajstić information content (AvgIpc) is 3.04. The smallest absolute Gasteiger partial charge is 0.277 e. The van der Waals surface area contributed by atoms with E-state index in [9.17, 15) is 9.18 Å². The maximum atomic E-state index is 12.8. The first-order valence-corrected chi connectivity index (χ1v) is 7.50. The minimum Gasteiger partial charge on any atom is -0.486 e. The van der Waals surface area contributed by atoms with Crippen molar-refractivity contribution >= 4 is 23.2 Å². The van der Waals surface area contributed by atoms with Crippen molar-refractivity contribution in [1.82, 2.24) is 15.0 Å². The molecule has 1 aromatic carbocycles. The van der Waals surface area contributed by atoms with Crippen LogP contribution in [0.1, 0.15) is 15.5 Å². The highest BCUT2D eigenvalue weighted by Crippen LogP contribution is 2.16. The Morgan fingerprint density at radius 3 is 2.70 bits per heavy atom. The highest BCUT2D eigenvalue weighted by molar-refractivity contribution is 7.09. The van der Waals surface area contributed by atoms with Crippen LogP contribution in [0.15, 0.2) is 48.1 Å². The summed E-state index contributed by atoms with van der Waals surface area (Å²) in [5, 5.41) is 4.81. The number of anilines is 1. The number of amides is 1. The van der Waals surface area contributed by atoms with Crippen molar-refractivity contribution < 1.29 is 13.9 Å². The van der Waals surface area contributed by atoms with E-state index in [4.69, 9.17) is 4.74 Å². The SMILES string of the molecule is O=C(Nc1ncccn1)c1csc(COc2ccc(F)cc2)n1. The molecule has 0 saturated heterocycles. The van der Waals surface area contributed by atoms with Gasteiger partial charge in [-0.3, -0.25) is 10.1 Å². The summed E-state index contributed by atoms with van der Waals surface area (Å²) in [6.45, 7) is 0.200. The van der Waals surface area contributed by atoms with Crippen LogP contribution in [-0.2, 0) is 6.61 Å². The molecule has 23 heavy (non-hydrogen) atoms. The molecule has 6 nitrogen and oxygen atoms in total. The lowest BCUT2D eigenvalue weighted by Crippen LogP contribution is -2.14.